The molecule has 0 saturated carbocycles. The molecule has 1 amide bonds. The van der Waals surface area contributed by atoms with E-state index in [1.807, 2.05) is 20.8 Å². The largest absolute Gasteiger partial charge is 0.341 e. The molecule has 1 saturated heterocycles. The van der Waals surface area contributed by atoms with Gasteiger partial charge < -0.3 is 4.90 Å². The van der Waals surface area contributed by atoms with E-state index in [2.05, 4.69) is 0 Å². The molecule has 0 aliphatic carbocycles. The summed E-state index contributed by atoms with van der Waals surface area (Å²) >= 11 is 0. The maximum atomic E-state index is 13.3. The van der Waals surface area contributed by atoms with Gasteiger partial charge in [0, 0.05) is 31.6 Å². The van der Waals surface area contributed by atoms with E-state index in [-0.39, 0.29) is 30.4 Å². The summed E-state index contributed by atoms with van der Waals surface area (Å²) in [6.45, 7) is 6.55. The Kier molecular flexibility index (Phi) is 5.29. The van der Waals surface area contributed by atoms with Crippen molar-refractivity contribution < 1.29 is 22.0 Å². The summed E-state index contributed by atoms with van der Waals surface area (Å²) in [5.74, 6) is -2.32. The van der Waals surface area contributed by atoms with E-state index >= 15 is 0 Å². The Morgan fingerprint density at radius 2 is 1.71 bits per heavy atom. The van der Waals surface area contributed by atoms with E-state index in [9.17, 15) is 22.0 Å². The molecule has 0 N–H and O–H groups in total. The van der Waals surface area contributed by atoms with Crippen LogP contribution in [0, 0.1) is 17.0 Å². The molecule has 0 unspecified atom stereocenters. The van der Waals surface area contributed by atoms with Crippen molar-refractivity contribution >= 4 is 15.9 Å². The predicted octanol–water partition coefficient (Wildman–Crippen LogP) is 2.23. The van der Waals surface area contributed by atoms with Gasteiger partial charge >= 0.3 is 0 Å². The van der Waals surface area contributed by atoms with Gasteiger partial charge in [-0.1, -0.05) is 20.8 Å². The SMILES string of the molecule is CC(C)(C)C(=O)N1CCCN(S(=O)(=O)c2ccc(F)c(F)c2)CC1. The van der Waals surface area contributed by atoms with Crippen LogP contribution in [-0.2, 0) is 14.8 Å². The quantitative estimate of drug-likeness (QED) is 0.813. The Hall–Kier alpha value is -1.54. The fraction of sp³-hybridized carbons (Fsp3) is 0.562. The van der Waals surface area contributed by atoms with Crippen molar-refractivity contribution in [3.05, 3.63) is 29.8 Å². The molecule has 1 aliphatic rings. The average Bonchev–Trinajstić information content (AvgIpc) is 2.74. The zero-order valence-corrected chi connectivity index (χ0v) is 14.9. The number of halogens is 2. The van der Waals surface area contributed by atoms with Crippen molar-refractivity contribution in [3.63, 3.8) is 0 Å². The first-order valence-electron chi connectivity index (χ1n) is 7.78. The highest BCUT2D eigenvalue weighted by Gasteiger charge is 2.32. The van der Waals surface area contributed by atoms with E-state index in [0.29, 0.717) is 19.0 Å². The van der Waals surface area contributed by atoms with Crippen LogP contribution >= 0.6 is 0 Å². The molecule has 1 fully saturated rings. The van der Waals surface area contributed by atoms with Gasteiger partial charge in [0.25, 0.3) is 0 Å². The summed E-state index contributed by atoms with van der Waals surface area (Å²) < 4.78 is 52.8. The Morgan fingerprint density at radius 1 is 1.04 bits per heavy atom. The number of sulfonamides is 1. The molecular formula is C16H22F2N2O3S. The summed E-state index contributed by atoms with van der Waals surface area (Å²) in [7, 11) is -3.92. The standard InChI is InChI=1S/C16H22F2N2O3S/c1-16(2,3)15(21)19-7-4-8-20(10-9-19)24(22,23)12-5-6-13(17)14(18)11-12/h5-6,11H,4,7-10H2,1-3H3. The summed E-state index contributed by atoms with van der Waals surface area (Å²) in [4.78, 5) is 13.7. The fourth-order valence-corrected chi connectivity index (χ4v) is 4.08. The third-order valence-electron chi connectivity index (χ3n) is 3.91. The Morgan fingerprint density at radius 3 is 2.29 bits per heavy atom. The molecule has 8 heteroatoms. The van der Waals surface area contributed by atoms with E-state index < -0.39 is 27.1 Å². The average molecular weight is 360 g/mol. The third kappa shape index (κ3) is 3.92. The number of carbonyl (C=O) groups excluding carboxylic acids is 1. The molecule has 1 aromatic carbocycles. The number of carbonyl (C=O) groups is 1. The van der Waals surface area contributed by atoms with Crippen molar-refractivity contribution in [1.82, 2.24) is 9.21 Å². The van der Waals surface area contributed by atoms with Crippen LogP contribution in [0.5, 0.6) is 0 Å². The number of nitrogens with zero attached hydrogens (tertiary/aromatic N) is 2. The number of amides is 1. The molecule has 0 bridgehead atoms. The van der Waals surface area contributed by atoms with Gasteiger partial charge in [0.05, 0.1) is 4.90 Å². The first kappa shape index (κ1) is 18.8. The second-order valence-corrected chi connectivity index (χ2v) is 8.81. The molecule has 0 aromatic heterocycles. The van der Waals surface area contributed by atoms with E-state index in [0.717, 1.165) is 12.1 Å². The molecule has 5 nitrogen and oxygen atoms in total. The second-order valence-electron chi connectivity index (χ2n) is 6.88. The lowest BCUT2D eigenvalue weighted by Gasteiger charge is -2.28. The highest BCUT2D eigenvalue weighted by molar-refractivity contribution is 7.89. The minimum Gasteiger partial charge on any atom is -0.341 e. The molecule has 0 spiro atoms. The van der Waals surface area contributed by atoms with Crippen molar-refractivity contribution in [2.75, 3.05) is 26.2 Å². The molecule has 0 atom stereocenters. The van der Waals surface area contributed by atoms with Crippen molar-refractivity contribution in [3.8, 4) is 0 Å². The molecule has 2 rings (SSSR count). The third-order valence-corrected chi connectivity index (χ3v) is 5.81. The van der Waals surface area contributed by atoms with Gasteiger partial charge in [0.1, 0.15) is 0 Å². The van der Waals surface area contributed by atoms with Gasteiger partial charge in [0.2, 0.25) is 15.9 Å². The van der Waals surface area contributed by atoms with Crippen LogP contribution in [0.2, 0.25) is 0 Å². The Balaban J connectivity index is 2.18. The number of hydrogen-bond donors (Lipinski definition) is 0. The first-order chi connectivity index (χ1) is 11.0. The fourth-order valence-electron chi connectivity index (χ4n) is 2.60. The lowest BCUT2D eigenvalue weighted by Crippen LogP contribution is -2.42. The minimum atomic E-state index is -3.92. The summed E-state index contributed by atoms with van der Waals surface area (Å²) in [5, 5.41) is 0. The molecular weight excluding hydrogens is 338 g/mol. The normalized spacial score (nSPS) is 17.6. The van der Waals surface area contributed by atoms with Crippen LogP contribution in [0.4, 0.5) is 8.78 Å². The molecule has 0 radical (unpaired) electrons. The van der Waals surface area contributed by atoms with Gasteiger partial charge in [-0.2, -0.15) is 4.31 Å². The summed E-state index contributed by atoms with van der Waals surface area (Å²) in [6, 6.07) is 2.54. The van der Waals surface area contributed by atoms with Gasteiger partial charge in [0.15, 0.2) is 11.6 Å². The number of hydrogen-bond acceptors (Lipinski definition) is 3. The topological polar surface area (TPSA) is 57.7 Å². The first-order valence-corrected chi connectivity index (χ1v) is 9.22. The lowest BCUT2D eigenvalue weighted by atomic mass is 9.94. The van der Waals surface area contributed by atoms with Crippen LogP contribution in [0.3, 0.4) is 0 Å². The van der Waals surface area contributed by atoms with Crippen LogP contribution in [0.25, 0.3) is 0 Å². The molecule has 1 aromatic rings. The lowest BCUT2D eigenvalue weighted by molar-refractivity contribution is -0.139. The van der Waals surface area contributed by atoms with Crippen LogP contribution in [0.1, 0.15) is 27.2 Å². The maximum Gasteiger partial charge on any atom is 0.243 e. The van der Waals surface area contributed by atoms with Gasteiger partial charge in [-0.05, 0) is 24.6 Å². The van der Waals surface area contributed by atoms with Crippen molar-refractivity contribution in [2.45, 2.75) is 32.1 Å². The predicted molar refractivity (Wildman–Crippen MR) is 85.8 cm³/mol. The van der Waals surface area contributed by atoms with Gasteiger partial charge in [-0.3, -0.25) is 4.79 Å². The maximum absolute atomic E-state index is 13.3. The summed E-state index contributed by atoms with van der Waals surface area (Å²) in [5.41, 5.74) is -0.534. The summed E-state index contributed by atoms with van der Waals surface area (Å²) in [6.07, 6.45) is 0.491. The van der Waals surface area contributed by atoms with E-state index in [4.69, 9.17) is 0 Å². The molecule has 134 valence electrons. The highest BCUT2D eigenvalue weighted by atomic mass is 32.2. The van der Waals surface area contributed by atoms with E-state index in [1.54, 1.807) is 4.90 Å². The molecule has 1 heterocycles. The van der Waals surface area contributed by atoms with Crippen LogP contribution in [0.15, 0.2) is 23.1 Å². The zero-order chi connectivity index (χ0) is 18.1. The van der Waals surface area contributed by atoms with Gasteiger partial charge in [-0.25, -0.2) is 17.2 Å². The zero-order valence-electron chi connectivity index (χ0n) is 14.1. The van der Waals surface area contributed by atoms with E-state index in [1.165, 1.54) is 4.31 Å². The Bertz CT molecular complexity index is 729. The Labute approximate surface area is 141 Å². The number of rotatable bonds is 2. The van der Waals surface area contributed by atoms with Crippen molar-refractivity contribution in [1.29, 1.82) is 0 Å². The smallest absolute Gasteiger partial charge is 0.243 e. The minimum absolute atomic E-state index is 0.0328. The number of benzene rings is 1. The molecule has 1 aliphatic heterocycles. The van der Waals surface area contributed by atoms with Crippen LogP contribution in [-0.4, -0.2) is 49.7 Å². The second kappa shape index (κ2) is 6.76. The monoisotopic (exact) mass is 360 g/mol. The molecule has 24 heavy (non-hydrogen) atoms. The van der Waals surface area contributed by atoms with Crippen molar-refractivity contribution in [2.24, 2.45) is 5.41 Å². The van der Waals surface area contributed by atoms with Crippen LogP contribution < -0.4 is 0 Å². The van der Waals surface area contributed by atoms with Gasteiger partial charge in [-0.15, -0.1) is 0 Å². The highest BCUT2D eigenvalue weighted by Crippen LogP contribution is 2.22.